The fourth-order valence-corrected chi connectivity index (χ4v) is 2.54. The molecule has 0 fully saturated rings. The minimum absolute atomic E-state index is 0.189. The summed E-state index contributed by atoms with van der Waals surface area (Å²) in [6, 6.07) is 14.8. The molecule has 4 nitrogen and oxygen atoms in total. The molecular weight excluding hydrogens is 288 g/mol. The fraction of sp³-hybridized carbons (Fsp3) is 0.158. The Morgan fingerprint density at radius 3 is 1.96 bits per heavy atom. The minimum atomic E-state index is -0.322. The van der Waals surface area contributed by atoms with Gasteiger partial charge in [-0.05, 0) is 32.9 Å². The average molecular weight is 306 g/mol. The SMILES string of the molecule is Cc1ccc(C(=O)c2c(C)[nH]n(-c3ccc(C)cc3)c2=O)cc1. The van der Waals surface area contributed by atoms with Gasteiger partial charge in [0.15, 0.2) is 5.78 Å². The summed E-state index contributed by atoms with van der Waals surface area (Å²) in [6.45, 7) is 5.69. The van der Waals surface area contributed by atoms with Gasteiger partial charge < -0.3 is 0 Å². The van der Waals surface area contributed by atoms with Crippen LogP contribution in [-0.4, -0.2) is 15.6 Å². The molecule has 23 heavy (non-hydrogen) atoms. The number of aryl methyl sites for hydroxylation is 3. The largest absolute Gasteiger partial charge is 0.295 e. The van der Waals surface area contributed by atoms with Crippen molar-refractivity contribution in [1.29, 1.82) is 0 Å². The first kappa shape index (κ1) is 15.0. The Balaban J connectivity index is 2.07. The topological polar surface area (TPSA) is 54.9 Å². The van der Waals surface area contributed by atoms with Gasteiger partial charge in [-0.2, -0.15) is 0 Å². The number of aromatic nitrogens is 2. The number of H-pyrrole nitrogens is 1. The predicted molar refractivity (Wildman–Crippen MR) is 90.5 cm³/mol. The molecule has 0 saturated heterocycles. The van der Waals surface area contributed by atoms with Crippen molar-refractivity contribution in [1.82, 2.24) is 9.78 Å². The van der Waals surface area contributed by atoms with Crippen LogP contribution in [0.3, 0.4) is 0 Å². The van der Waals surface area contributed by atoms with Gasteiger partial charge in [-0.25, -0.2) is 4.68 Å². The molecule has 0 saturated carbocycles. The summed E-state index contributed by atoms with van der Waals surface area (Å²) in [4.78, 5) is 25.3. The summed E-state index contributed by atoms with van der Waals surface area (Å²) < 4.78 is 1.41. The van der Waals surface area contributed by atoms with Crippen molar-refractivity contribution in [3.8, 4) is 5.69 Å². The van der Waals surface area contributed by atoms with Gasteiger partial charge in [-0.3, -0.25) is 14.7 Å². The Labute approximate surface area is 134 Å². The maximum Gasteiger partial charge on any atom is 0.282 e. The Morgan fingerprint density at radius 2 is 1.39 bits per heavy atom. The maximum absolute atomic E-state index is 12.7. The zero-order valence-electron chi connectivity index (χ0n) is 13.4. The lowest BCUT2D eigenvalue weighted by Crippen LogP contribution is -2.20. The van der Waals surface area contributed by atoms with Gasteiger partial charge in [0.2, 0.25) is 0 Å². The van der Waals surface area contributed by atoms with Crippen molar-refractivity contribution < 1.29 is 4.79 Å². The summed E-state index contributed by atoms with van der Waals surface area (Å²) in [5.41, 5.74) is 3.86. The van der Waals surface area contributed by atoms with Gasteiger partial charge in [0.1, 0.15) is 5.56 Å². The van der Waals surface area contributed by atoms with E-state index in [2.05, 4.69) is 5.10 Å². The first-order valence-corrected chi connectivity index (χ1v) is 7.47. The Bertz CT molecular complexity index is 913. The van der Waals surface area contributed by atoms with E-state index < -0.39 is 0 Å². The van der Waals surface area contributed by atoms with Crippen LogP contribution in [0.2, 0.25) is 0 Å². The molecule has 0 aliphatic heterocycles. The standard InChI is InChI=1S/C19H18N2O2/c1-12-4-8-15(9-5-12)18(22)17-14(3)20-21(19(17)23)16-10-6-13(2)7-11-16/h4-11,20H,1-3H3. The van der Waals surface area contributed by atoms with Crippen LogP contribution in [0.1, 0.15) is 32.7 Å². The Kier molecular flexibility index (Phi) is 3.74. The summed E-state index contributed by atoms with van der Waals surface area (Å²) in [5.74, 6) is -0.255. The zero-order chi connectivity index (χ0) is 16.6. The van der Waals surface area contributed by atoms with Crippen LogP contribution in [0.25, 0.3) is 5.69 Å². The number of ketones is 1. The number of rotatable bonds is 3. The molecule has 3 rings (SSSR count). The molecule has 0 spiro atoms. The molecule has 1 heterocycles. The molecule has 0 aliphatic carbocycles. The first-order chi connectivity index (χ1) is 11.0. The molecule has 0 radical (unpaired) electrons. The highest BCUT2D eigenvalue weighted by molar-refractivity contribution is 6.09. The minimum Gasteiger partial charge on any atom is -0.295 e. The third-order valence-electron chi connectivity index (χ3n) is 3.90. The fourth-order valence-electron chi connectivity index (χ4n) is 2.54. The van der Waals surface area contributed by atoms with Crippen LogP contribution in [0, 0.1) is 20.8 Å². The van der Waals surface area contributed by atoms with Crippen LogP contribution in [0.15, 0.2) is 53.3 Å². The van der Waals surface area contributed by atoms with Crippen LogP contribution in [0.5, 0.6) is 0 Å². The second kappa shape index (κ2) is 5.72. The smallest absolute Gasteiger partial charge is 0.282 e. The monoisotopic (exact) mass is 306 g/mol. The number of carbonyl (C=O) groups excluding carboxylic acids is 1. The van der Waals surface area contributed by atoms with E-state index >= 15 is 0 Å². The van der Waals surface area contributed by atoms with Gasteiger partial charge in [0, 0.05) is 11.3 Å². The van der Waals surface area contributed by atoms with Crippen LogP contribution >= 0.6 is 0 Å². The lowest BCUT2D eigenvalue weighted by molar-refractivity contribution is 0.103. The number of nitrogens with zero attached hydrogens (tertiary/aromatic N) is 1. The Hall–Kier alpha value is -2.88. The van der Waals surface area contributed by atoms with Crippen molar-refractivity contribution in [2.45, 2.75) is 20.8 Å². The van der Waals surface area contributed by atoms with E-state index in [-0.39, 0.29) is 16.9 Å². The molecule has 4 heteroatoms. The van der Waals surface area contributed by atoms with E-state index in [1.165, 1.54) is 4.68 Å². The Morgan fingerprint density at radius 1 is 0.870 bits per heavy atom. The van der Waals surface area contributed by atoms with E-state index in [1.54, 1.807) is 19.1 Å². The number of carbonyl (C=O) groups is 1. The number of benzene rings is 2. The summed E-state index contributed by atoms with van der Waals surface area (Å²) in [6.07, 6.45) is 0. The molecule has 0 unspecified atom stereocenters. The van der Waals surface area contributed by atoms with Gasteiger partial charge in [0.05, 0.1) is 5.69 Å². The van der Waals surface area contributed by atoms with Gasteiger partial charge in [-0.15, -0.1) is 0 Å². The summed E-state index contributed by atoms with van der Waals surface area (Å²) in [5, 5.41) is 2.99. The van der Waals surface area contributed by atoms with Gasteiger partial charge >= 0.3 is 0 Å². The molecule has 0 bridgehead atoms. The normalized spacial score (nSPS) is 10.7. The summed E-state index contributed by atoms with van der Waals surface area (Å²) >= 11 is 0. The molecule has 0 atom stereocenters. The van der Waals surface area contributed by atoms with Crippen molar-refractivity contribution >= 4 is 5.78 Å². The van der Waals surface area contributed by atoms with E-state index in [0.29, 0.717) is 16.9 Å². The average Bonchev–Trinajstić information content (AvgIpc) is 2.83. The molecule has 2 aromatic carbocycles. The van der Waals surface area contributed by atoms with E-state index in [1.807, 2.05) is 50.2 Å². The molecule has 0 amide bonds. The number of nitrogens with one attached hydrogen (secondary N) is 1. The zero-order valence-corrected chi connectivity index (χ0v) is 13.4. The van der Waals surface area contributed by atoms with Crippen molar-refractivity contribution in [3.63, 3.8) is 0 Å². The second-order valence-corrected chi connectivity index (χ2v) is 5.78. The number of hydrogen-bond acceptors (Lipinski definition) is 2. The predicted octanol–water partition coefficient (Wildman–Crippen LogP) is 3.32. The first-order valence-electron chi connectivity index (χ1n) is 7.47. The highest BCUT2D eigenvalue weighted by Gasteiger charge is 2.20. The third-order valence-corrected chi connectivity index (χ3v) is 3.90. The van der Waals surface area contributed by atoms with Gasteiger partial charge in [-0.1, -0.05) is 47.5 Å². The highest BCUT2D eigenvalue weighted by atomic mass is 16.2. The molecule has 0 aliphatic rings. The van der Waals surface area contributed by atoms with Crippen LogP contribution < -0.4 is 5.56 Å². The number of hydrogen-bond donors (Lipinski definition) is 1. The molecular formula is C19H18N2O2. The van der Waals surface area contributed by atoms with Crippen molar-refractivity contribution in [3.05, 3.63) is 86.8 Å². The van der Waals surface area contributed by atoms with Crippen LogP contribution in [-0.2, 0) is 0 Å². The van der Waals surface area contributed by atoms with E-state index in [0.717, 1.165) is 11.1 Å². The van der Waals surface area contributed by atoms with Crippen molar-refractivity contribution in [2.75, 3.05) is 0 Å². The highest BCUT2D eigenvalue weighted by Crippen LogP contribution is 2.13. The maximum atomic E-state index is 12.7. The van der Waals surface area contributed by atoms with E-state index in [9.17, 15) is 9.59 Å². The van der Waals surface area contributed by atoms with Crippen molar-refractivity contribution in [2.24, 2.45) is 0 Å². The second-order valence-electron chi connectivity index (χ2n) is 5.78. The van der Waals surface area contributed by atoms with E-state index in [4.69, 9.17) is 0 Å². The molecule has 3 aromatic rings. The molecule has 1 N–H and O–H groups in total. The quantitative estimate of drug-likeness (QED) is 0.755. The lowest BCUT2D eigenvalue weighted by Gasteiger charge is -2.01. The lowest BCUT2D eigenvalue weighted by atomic mass is 10.0. The molecule has 116 valence electrons. The molecule has 1 aromatic heterocycles. The summed E-state index contributed by atoms with van der Waals surface area (Å²) in [7, 11) is 0. The number of aromatic amines is 1. The van der Waals surface area contributed by atoms with Crippen LogP contribution in [0.4, 0.5) is 0 Å². The van der Waals surface area contributed by atoms with Gasteiger partial charge in [0.25, 0.3) is 5.56 Å². The third kappa shape index (κ3) is 2.75.